The van der Waals surface area contributed by atoms with Gasteiger partial charge in [-0.3, -0.25) is 4.90 Å². The number of pyridine rings is 1. The van der Waals surface area contributed by atoms with Crippen molar-refractivity contribution in [2.24, 2.45) is 0 Å². The molecule has 7 nitrogen and oxygen atoms in total. The number of piperazine rings is 1. The third-order valence-electron chi connectivity index (χ3n) is 6.20. The minimum absolute atomic E-state index is 0.351. The highest BCUT2D eigenvalue weighted by atomic mass is 32.1. The number of aliphatic hydroxyl groups excluding tert-OH is 1. The molecular formula is C22H27N5O2S. The van der Waals surface area contributed by atoms with Gasteiger partial charge in [-0.15, -0.1) is 11.3 Å². The summed E-state index contributed by atoms with van der Waals surface area (Å²) in [6.07, 6.45) is 0.993. The predicted octanol–water partition coefficient (Wildman–Crippen LogP) is 3.48. The van der Waals surface area contributed by atoms with Crippen LogP contribution in [0.1, 0.15) is 32.4 Å². The summed E-state index contributed by atoms with van der Waals surface area (Å²) in [7, 11) is 0. The molecule has 3 aromatic rings. The number of aliphatic hydroxyl groups is 1. The molecule has 2 unspecified atom stereocenters. The van der Waals surface area contributed by atoms with Gasteiger partial charge in [-0.2, -0.15) is 0 Å². The highest BCUT2D eigenvalue weighted by Gasteiger charge is 2.36. The van der Waals surface area contributed by atoms with Crippen molar-refractivity contribution >= 4 is 33.1 Å². The molecule has 1 saturated heterocycles. The molecule has 30 heavy (non-hydrogen) atoms. The lowest BCUT2D eigenvalue weighted by molar-refractivity contribution is -0.0210. The summed E-state index contributed by atoms with van der Waals surface area (Å²) < 4.78 is 7.25. The van der Waals surface area contributed by atoms with E-state index in [1.807, 2.05) is 25.4 Å². The molecule has 1 fully saturated rings. The topological polar surface area (TPSA) is 73.8 Å². The maximum Gasteiger partial charge on any atom is 0.164 e. The molecule has 2 aliphatic heterocycles. The van der Waals surface area contributed by atoms with Crippen LogP contribution in [-0.2, 0) is 0 Å². The largest absolute Gasteiger partial charge is 0.481 e. The van der Waals surface area contributed by atoms with Crippen LogP contribution in [0.3, 0.4) is 0 Å². The number of nitrogens with one attached hydrogen (secondary N) is 1. The van der Waals surface area contributed by atoms with Crippen LogP contribution >= 0.6 is 11.3 Å². The zero-order chi connectivity index (χ0) is 20.9. The van der Waals surface area contributed by atoms with Crippen LogP contribution < -0.4 is 15.0 Å². The first-order valence-corrected chi connectivity index (χ1v) is 11.2. The van der Waals surface area contributed by atoms with E-state index in [-0.39, 0.29) is 0 Å². The Morgan fingerprint density at radius 2 is 2.00 bits per heavy atom. The number of fused-ring (bicyclic) bond motifs is 2. The first kappa shape index (κ1) is 19.5. The van der Waals surface area contributed by atoms with Crippen LogP contribution in [0.5, 0.6) is 5.75 Å². The molecule has 0 radical (unpaired) electrons. The quantitative estimate of drug-likeness (QED) is 0.666. The van der Waals surface area contributed by atoms with E-state index in [0.29, 0.717) is 6.04 Å². The van der Waals surface area contributed by atoms with Gasteiger partial charge < -0.3 is 20.1 Å². The van der Waals surface area contributed by atoms with E-state index in [9.17, 15) is 5.11 Å². The van der Waals surface area contributed by atoms with Crippen molar-refractivity contribution < 1.29 is 9.84 Å². The van der Waals surface area contributed by atoms with Crippen molar-refractivity contribution in [3.8, 4) is 5.75 Å². The fraction of sp³-hybridized carbons (Fsp3) is 0.455. The third kappa shape index (κ3) is 3.49. The van der Waals surface area contributed by atoms with Crippen LogP contribution in [0, 0.1) is 0 Å². The van der Waals surface area contributed by atoms with Gasteiger partial charge in [-0.1, -0.05) is 6.07 Å². The fourth-order valence-electron chi connectivity index (χ4n) is 4.14. The van der Waals surface area contributed by atoms with Crippen molar-refractivity contribution in [1.82, 2.24) is 14.9 Å². The van der Waals surface area contributed by atoms with Gasteiger partial charge in [0, 0.05) is 38.3 Å². The minimum atomic E-state index is -0.758. The summed E-state index contributed by atoms with van der Waals surface area (Å²) in [4.78, 5) is 13.9. The summed E-state index contributed by atoms with van der Waals surface area (Å²) in [6.45, 7) is 9.78. The highest BCUT2D eigenvalue weighted by molar-refractivity contribution is 7.16. The van der Waals surface area contributed by atoms with Gasteiger partial charge in [0.2, 0.25) is 0 Å². The van der Waals surface area contributed by atoms with Crippen molar-refractivity contribution in [1.29, 1.82) is 0 Å². The lowest BCUT2D eigenvalue weighted by atomic mass is 10.1. The van der Waals surface area contributed by atoms with E-state index in [1.54, 1.807) is 17.5 Å². The Balaban J connectivity index is 1.27. The molecule has 0 bridgehead atoms. The summed E-state index contributed by atoms with van der Waals surface area (Å²) in [5.41, 5.74) is 4.36. The highest BCUT2D eigenvalue weighted by Crippen LogP contribution is 2.37. The Morgan fingerprint density at radius 3 is 2.80 bits per heavy atom. The van der Waals surface area contributed by atoms with E-state index < -0.39 is 11.8 Å². The second kappa shape index (κ2) is 7.37. The van der Waals surface area contributed by atoms with E-state index in [1.165, 1.54) is 10.3 Å². The molecule has 0 spiro atoms. The average molecular weight is 426 g/mol. The second-order valence-corrected chi connectivity index (χ2v) is 9.46. The molecule has 0 amide bonds. The van der Waals surface area contributed by atoms with Crippen LogP contribution in [0.2, 0.25) is 0 Å². The van der Waals surface area contributed by atoms with Crippen LogP contribution in [-0.4, -0.2) is 58.0 Å². The smallest absolute Gasteiger partial charge is 0.164 e. The van der Waals surface area contributed by atoms with E-state index in [2.05, 4.69) is 50.2 Å². The number of anilines is 2. The molecule has 2 aromatic heterocycles. The molecule has 5 rings (SSSR count). The molecule has 2 aliphatic rings. The lowest BCUT2D eigenvalue weighted by Gasteiger charge is -2.40. The standard InChI is InChI=1S/C22H27N5O2S/c1-14(15-4-5-19-16(10-15)24-13-30-19)26-6-8-27(9-7-26)20-11-18-17(12-23-20)25-21(28)22(2,3)29-18/h4-5,10-14,21,25,28H,6-9H2,1-3H3. The normalized spacial score (nSPS) is 22.3. The Hall–Kier alpha value is -2.42. The Morgan fingerprint density at radius 1 is 1.20 bits per heavy atom. The maximum absolute atomic E-state index is 10.1. The van der Waals surface area contributed by atoms with Gasteiger partial charge in [0.05, 0.1) is 27.6 Å². The molecule has 4 heterocycles. The molecule has 1 aromatic carbocycles. The number of nitrogens with zero attached hydrogens (tertiary/aromatic N) is 4. The summed E-state index contributed by atoms with van der Waals surface area (Å²) in [5.74, 6) is 1.65. The van der Waals surface area contributed by atoms with E-state index in [4.69, 9.17) is 4.74 Å². The fourth-order valence-corrected chi connectivity index (χ4v) is 4.80. The van der Waals surface area contributed by atoms with Crippen molar-refractivity contribution in [3.63, 3.8) is 0 Å². The third-order valence-corrected chi connectivity index (χ3v) is 7.01. The van der Waals surface area contributed by atoms with Gasteiger partial charge in [0.15, 0.2) is 6.23 Å². The monoisotopic (exact) mass is 425 g/mol. The maximum atomic E-state index is 10.1. The SMILES string of the molecule is CC(c1ccc2scnc2c1)N1CCN(c2cc3c(cn2)NC(O)C(C)(C)O3)CC1. The number of hydrogen-bond acceptors (Lipinski definition) is 8. The summed E-state index contributed by atoms with van der Waals surface area (Å²) >= 11 is 1.68. The first-order chi connectivity index (χ1) is 14.4. The molecular weight excluding hydrogens is 398 g/mol. The molecule has 0 saturated carbocycles. The van der Waals surface area contributed by atoms with Gasteiger partial charge in [0.25, 0.3) is 0 Å². The number of aromatic nitrogens is 2. The zero-order valence-corrected chi connectivity index (χ0v) is 18.3. The van der Waals surface area contributed by atoms with Crippen LogP contribution in [0.15, 0.2) is 36.0 Å². The first-order valence-electron chi connectivity index (χ1n) is 10.4. The Labute approximate surface area is 180 Å². The Bertz CT molecular complexity index is 1060. The van der Waals surface area contributed by atoms with E-state index >= 15 is 0 Å². The number of benzene rings is 1. The number of rotatable bonds is 3. The van der Waals surface area contributed by atoms with Crippen LogP contribution in [0.25, 0.3) is 10.2 Å². The second-order valence-electron chi connectivity index (χ2n) is 8.57. The number of thiazole rings is 1. The molecule has 8 heteroatoms. The zero-order valence-electron chi connectivity index (χ0n) is 17.5. The van der Waals surface area contributed by atoms with Crippen molar-refractivity contribution in [2.75, 3.05) is 36.4 Å². The average Bonchev–Trinajstić information content (AvgIpc) is 3.21. The lowest BCUT2D eigenvalue weighted by Crippen LogP contribution is -2.50. The number of ether oxygens (including phenoxy) is 1. The Kier molecular flexibility index (Phi) is 4.80. The molecule has 158 valence electrons. The van der Waals surface area contributed by atoms with Crippen LogP contribution in [0.4, 0.5) is 11.5 Å². The van der Waals surface area contributed by atoms with Gasteiger partial charge in [-0.25, -0.2) is 9.97 Å². The summed E-state index contributed by atoms with van der Waals surface area (Å²) in [5, 5.41) is 13.2. The van der Waals surface area contributed by atoms with Crippen molar-refractivity contribution in [3.05, 3.63) is 41.5 Å². The van der Waals surface area contributed by atoms with Gasteiger partial charge in [-0.05, 0) is 38.5 Å². The predicted molar refractivity (Wildman–Crippen MR) is 120 cm³/mol. The van der Waals surface area contributed by atoms with Gasteiger partial charge >= 0.3 is 0 Å². The molecule has 0 aliphatic carbocycles. The molecule has 2 N–H and O–H groups in total. The molecule has 2 atom stereocenters. The van der Waals surface area contributed by atoms with E-state index in [0.717, 1.165) is 49.0 Å². The minimum Gasteiger partial charge on any atom is -0.481 e. The van der Waals surface area contributed by atoms with Gasteiger partial charge in [0.1, 0.15) is 17.2 Å². The summed E-state index contributed by atoms with van der Waals surface area (Å²) in [6, 6.07) is 8.95. The van der Waals surface area contributed by atoms with Crippen molar-refractivity contribution in [2.45, 2.75) is 38.6 Å². The number of hydrogen-bond donors (Lipinski definition) is 2.